The van der Waals surface area contributed by atoms with Gasteiger partial charge in [-0.2, -0.15) is 0 Å². The van der Waals surface area contributed by atoms with E-state index < -0.39 is 42.0 Å². The van der Waals surface area contributed by atoms with Gasteiger partial charge in [0.15, 0.2) is 0 Å². The third kappa shape index (κ3) is 11.0. The topological polar surface area (TPSA) is 171 Å². The normalized spacial score (nSPS) is 13.8. The van der Waals surface area contributed by atoms with Crippen LogP contribution in [0.4, 0.5) is 10.6 Å². The molecule has 0 aliphatic rings. The summed E-state index contributed by atoms with van der Waals surface area (Å²) in [6.07, 6.45) is -1.04. The molecule has 12 heteroatoms. The second-order valence-electron chi connectivity index (χ2n) is 13.9. The number of phenolic OH excluding ortho intramolecular Hbond substituents is 1. The van der Waals surface area contributed by atoms with Crippen LogP contribution in [-0.4, -0.2) is 76.4 Å². The number of ether oxygens (including phenoxy) is 2. The average molecular weight is 715 g/mol. The third-order valence-electron chi connectivity index (χ3n) is 8.63. The van der Waals surface area contributed by atoms with Gasteiger partial charge in [-0.3, -0.25) is 19.8 Å². The van der Waals surface area contributed by atoms with E-state index >= 15 is 0 Å². The number of aromatic hydroxyl groups is 1. The highest BCUT2D eigenvalue weighted by Gasteiger charge is 2.29. The second kappa shape index (κ2) is 17.9. The van der Waals surface area contributed by atoms with E-state index in [4.69, 9.17) is 9.47 Å². The number of aliphatic hydroxyl groups is 2. The highest BCUT2D eigenvalue weighted by Crippen LogP contribution is 2.34. The summed E-state index contributed by atoms with van der Waals surface area (Å²) in [5.41, 5.74) is 2.71. The number of esters is 1. The monoisotopic (exact) mass is 714 g/mol. The van der Waals surface area contributed by atoms with Crippen molar-refractivity contribution < 1.29 is 39.2 Å². The Kier molecular flexibility index (Phi) is 13.7. The van der Waals surface area contributed by atoms with Crippen molar-refractivity contribution in [2.45, 2.75) is 77.9 Å². The van der Waals surface area contributed by atoms with Crippen LogP contribution in [-0.2, 0) is 19.1 Å². The van der Waals surface area contributed by atoms with Gasteiger partial charge < -0.3 is 30.1 Å². The van der Waals surface area contributed by atoms with Crippen LogP contribution in [0.15, 0.2) is 79.0 Å². The predicted octanol–water partition coefficient (Wildman–Crippen LogP) is 5.76. The molecule has 4 aromatic rings. The van der Waals surface area contributed by atoms with E-state index in [-0.39, 0.29) is 37.6 Å². The molecule has 0 fully saturated rings. The number of carbonyl (C=O) groups is 3. The van der Waals surface area contributed by atoms with Gasteiger partial charge in [0, 0.05) is 43.1 Å². The van der Waals surface area contributed by atoms with Crippen LogP contribution < -0.4 is 15.5 Å². The first kappa shape index (κ1) is 39.7. The Morgan fingerprint density at radius 2 is 1.65 bits per heavy atom. The molecule has 4 rings (SSSR count). The zero-order valence-corrected chi connectivity index (χ0v) is 30.6. The lowest BCUT2D eigenvalue weighted by molar-refractivity contribution is -0.141. The molecule has 0 aliphatic heterocycles. The van der Waals surface area contributed by atoms with Crippen LogP contribution in [0.25, 0.3) is 21.9 Å². The number of pyridine rings is 1. The number of fused-ring (bicyclic) bond motifs is 1. The molecule has 0 saturated heterocycles. The number of methoxy groups -OCH3 is 1. The maximum absolute atomic E-state index is 13.0. The van der Waals surface area contributed by atoms with Gasteiger partial charge in [-0.15, -0.1) is 0 Å². The van der Waals surface area contributed by atoms with Gasteiger partial charge in [0.1, 0.15) is 23.4 Å². The largest absolute Gasteiger partial charge is 0.507 e. The van der Waals surface area contributed by atoms with E-state index in [9.17, 15) is 29.7 Å². The third-order valence-corrected chi connectivity index (χ3v) is 8.63. The number of amides is 2. The van der Waals surface area contributed by atoms with Crippen molar-refractivity contribution in [3.8, 4) is 16.9 Å². The van der Waals surface area contributed by atoms with Crippen LogP contribution in [0.3, 0.4) is 0 Å². The number of benzene rings is 3. The molecule has 278 valence electrons. The van der Waals surface area contributed by atoms with Gasteiger partial charge in [0.25, 0.3) is 0 Å². The summed E-state index contributed by atoms with van der Waals surface area (Å²) in [6.45, 7) is 8.85. The Balaban J connectivity index is 1.40. The van der Waals surface area contributed by atoms with Crippen LogP contribution in [0.1, 0.15) is 64.1 Å². The second-order valence-corrected chi connectivity index (χ2v) is 13.9. The van der Waals surface area contributed by atoms with Crippen LogP contribution in [0, 0.1) is 12.8 Å². The number of hydrogen-bond acceptors (Lipinski definition) is 10. The first-order valence-corrected chi connectivity index (χ1v) is 17.4. The van der Waals surface area contributed by atoms with Gasteiger partial charge in [-0.05, 0) is 86.9 Å². The lowest BCUT2D eigenvalue weighted by Crippen LogP contribution is -2.48. The Bertz CT molecular complexity index is 1820. The highest BCUT2D eigenvalue weighted by molar-refractivity contribution is 6.00. The van der Waals surface area contributed by atoms with E-state index in [1.807, 2.05) is 67.6 Å². The molecule has 2 amide bonds. The first-order valence-electron chi connectivity index (χ1n) is 17.4. The number of phenols is 1. The summed E-state index contributed by atoms with van der Waals surface area (Å²) in [5, 5.41) is 39.7. The quantitative estimate of drug-likeness (QED) is 0.0753. The summed E-state index contributed by atoms with van der Waals surface area (Å²) in [5.74, 6) is -1.05. The molecule has 0 saturated carbocycles. The van der Waals surface area contributed by atoms with Crippen molar-refractivity contribution in [3.05, 3.63) is 90.1 Å². The Morgan fingerprint density at radius 1 is 0.962 bits per heavy atom. The Labute approximate surface area is 304 Å². The number of hydrogen-bond donors (Lipinski definition) is 5. The molecule has 0 aliphatic carbocycles. The number of rotatable bonds is 15. The molecular formula is C40H50N4O8. The lowest BCUT2D eigenvalue weighted by Gasteiger charge is -2.30. The van der Waals surface area contributed by atoms with Crippen molar-refractivity contribution in [2.75, 3.05) is 25.1 Å². The van der Waals surface area contributed by atoms with E-state index in [0.717, 1.165) is 27.5 Å². The molecule has 1 heterocycles. The minimum absolute atomic E-state index is 0.0578. The lowest BCUT2D eigenvalue weighted by atomic mass is 9.94. The minimum Gasteiger partial charge on any atom is -0.507 e. The zero-order valence-electron chi connectivity index (χ0n) is 30.6. The van der Waals surface area contributed by atoms with Crippen LogP contribution >= 0.6 is 0 Å². The number of nitrogens with one attached hydrogen (secondary N) is 2. The zero-order chi connectivity index (χ0) is 38.0. The fraction of sp³-hybridized carbons (Fsp3) is 0.400. The molecule has 5 N–H and O–H groups in total. The predicted molar refractivity (Wildman–Crippen MR) is 200 cm³/mol. The average Bonchev–Trinajstić information content (AvgIpc) is 3.09. The Hall–Kier alpha value is -5.04. The standard InChI is InChI=1S/C40H50N4O8/c1-25-19-20-41-35(22-25)44(39(50)52-40(3,4)5)21-9-12-36(47)42-24-32(26(2)45)38(49)43-33(23-37(48)51-6)28-15-13-27(14-16-28)29-17-18-34(46)31-11-8-7-10-30(29)31/h7-8,10-11,13-20,22,26,32-33,38,43,45-46,49H,9,12,21,23-24H2,1-6H3,(H,42,47)/t26-,32+,33+,38?/m1/s1. The van der Waals surface area contributed by atoms with Crippen molar-refractivity contribution in [2.24, 2.45) is 5.92 Å². The number of aliphatic hydroxyl groups excluding tert-OH is 2. The number of nitrogens with zero attached hydrogens (tertiary/aromatic N) is 2. The minimum atomic E-state index is -1.31. The summed E-state index contributed by atoms with van der Waals surface area (Å²) < 4.78 is 10.5. The molecule has 1 unspecified atom stereocenters. The maximum atomic E-state index is 13.0. The summed E-state index contributed by atoms with van der Waals surface area (Å²) >= 11 is 0. The summed E-state index contributed by atoms with van der Waals surface area (Å²) in [4.78, 5) is 44.0. The number of anilines is 1. The summed E-state index contributed by atoms with van der Waals surface area (Å²) in [7, 11) is 1.28. The van der Waals surface area contributed by atoms with Gasteiger partial charge in [-0.1, -0.05) is 54.6 Å². The van der Waals surface area contributed by atoms with Gasteiger partial charge in [-0.25, -0.2) is 9.78 Å². The molecule has 12 nitrogen and oxygen atoms in total. The van der Waals surface area contributed by atoms with E-state index in [2.05, 4.69) is 15.6 Å². The fourth-order valence-corrected chi connectivity index (χ4v) is 5.83. The van der Waals surface area contributed by atoms with Crippen molar-refractivity contribution in [1.82, 2.24) is 15.6 Å². The molecule has 0 bridgehead atoms. The smallest absolute Gasteiger partial charge is 0.416 e. The molecule has 0 spiro atoms. The summed E-state index contributed by atoms with van der Waals surface area (Å²) in [6, 6.07) is 21.5. The van der Waals surface area contributed by atoms with Crippen molar-refractivity contribution >= 4 is 34.6 Å². The highest BCUT2D eigenvalue weighted by atomic mass is 16.6. The first-order chi connectivity index (χ1) is 24.7. The SMILES string of the molecule is COC(=O)C[C@H](NC(O)[C@@H](CNC(=O)CCCN(C(=O)OC(C)(C)C)c1cc(C)ccn1)[C@@H](C)O)c1ccc(-c2ccc(O)c3ccccc23)cc1. The van der Waals surface area contributed by atoms with Gasteiger partial charge >= 0.3 is 12.1 Å². The molecule has 4 atom stereocenters. The maximum Gasteiger partial charge on any atom is 0.416 e. The number of aryl methyl sites for hydroxylation is 1. The van der Waals surface area contributed by atoms with E-state index in [0.29, 0.717) is 17.8 Å². The molecule has 3 aromatic carbocycles. The molecule has 1 aromatic heterocycles. The van der Waals surface area contributed by atoms with Crippen LogP contribution in [0.2, 0.25) is 0 Å². The number of aromatic nitrogens is 1. The fourth-order valence-electron chi connectivity index (χ4n) is 5.83. The molecule has 52 heavy (non-hydrogen) atoms. The van der Waals surface area contributed by atoms with Crippen LogP contribution in [0.5, 0.6) is 5.75 Å². The van der Waals surface area contributed by atoms with Crippen molar-refractivity contribution in [1.29, 1.82) is 0 Å². The van der Waals surface area contributed by atoms with Gasteiger partial charge in [0.2, 0.25) is 5.91 Å². The Morgan fingerprint density at radius 3 is 2.29 bits per heavy atom. The van der Waals surface area contributed by atoms with E-state index in [1.54, 1.807) is 39.1 Å². The van der Waals surface area contributed by atoms with Crippen molar-refractivity contribution in [3.63, 3.8) is 0 Å². The van der Waals surface area contributed by atoms with Gasteiger partial charge in [0.05, 0.1) is 19.6 Å². The van der Waals surface area contributed by atoms with E-state index in [1.165, 1.54) is 18.9 Å². The number of carbonyl (C=O) groups excluding carboxylic acids is 3. The molecular weight excluding hydrogens is 664 g/mol. The molecule has 0 radical (unpaired) electrons.